The maximum Gasteiger partial charge on any atom is 0.227 e. The van der Waals surface area contributed by atoms with Crippen LogP contribution >= 0.6 is 0 Å². The molecule has 0 aromatic heterocycles. The monoisotopic (exact) mass is 275 g/mol. The number of rotatable bonds is 6. The maximum absolute atomic E-state index is 12.1. The van der Waals surface area contributed by atoms with Gasteiger partial charge in [0.15, 0.2) is 0 Å². The molecule has 1 amide bonds. The quantitative estimate of drug-likeness (QED) is 0.837. The molecule has 110 valence electrons. The third-order valence-electron chi connectivity index (χ3n) is 3.92. The van der Waals surface area contributed by atoms with Crippen molar-refractivity contribution in [2.24, 2.45) is 11.7 Å². The summed E-state index contributed by atoms with van der Waals surface area (Å²) < 4.78 is 0. The molecule has 3 N–H and O–H groups in total. The smallest absolute Gasteiger partial charge is 0.227 e. The Kier molecular flexibility index (Phi) is 5.56. The summed E-state index contributed by atoms with van der Waals surface area (Å²) in [6.45, 7) is 5.70. The number of likely N-dealkylation sites (tertiary alicyclic amines) is 1. The van der Waals surface area contributed by atoms with Gasteiger partial charge in [-0.2, -0.15) is 0 Å². The molecule has 1 aromatic carbocycles. The lowest BCUT2D eigenvalue weighted by atomic mass is 10.1. The Balaban J connectivity index is 2.01. The highest BCUT2D eigenvalue weighted by Crippen LogP contribution is 2.20. The molecular formula is C16H25N3O. The molecule has 4 heteroatoms. The second kappa shape index (κ2) is 7.41. The summed E-state index contributed by atoms with van der Waals surface area (Å²) >= 11 is 0. The predicted molar refractivity (Wildman–Crippen MR) is 82.4 cm³/mol. The fourth-order valence-corrected chi connectivity index (χ4v) is 2.60. The van der Waals surface area contributed by atoms with Gasteiger partial charge >= 0.3 is 0 Å². The molecule has 1 saturated heterocycles. The minimum absolute atomic E-state index is 0.0418. The number of amides is 1. The van der Waals surface area contributed by atoms with E-state index < -0.39 is 0 Å². The number of anilines is 1. The van der Waals surface area contributed by atoms with E-state index >= 15 is 0 Å². The van der Waals surface area contributed by atoms with Crippen molar-refractivity contribution in [3.05, 3.63) is 29.8 Å². The fourth-order valence-electron chi connectivity index (χ4n) is 2.60. The number of hydrogen-bond donors (Lipinski definition) is 2. The van der Waals surface area contributed by atoms with Gasteiger partial charge in [-0.15, -0.1) is 0 Å². The fraction of sp³-hybridized carbons (Fsp3) is 0.562. The third-order valence-corrected chi connectivity index (χ3v) is 3.92. The van der Waals surface area contributed by atoms with E-state index in [2.05, 4.69) is 16.3 Å². The number of nitrogens with two attached hydrogens (primary N) is 1. The first-order valence-electron chi connectivity index (χ1n) is 7.52. The molecule has 1 aliphatic rings. The average Bonchev–Trinajstić information content (AvgIpc) is 2.94. The highest BCUT2D eigenvalue weighted by Gasteiger charge is 2.16. The van der Waals surface area contributed by atoms with Gasteiger partial charge < -0.3 is 11.1 Å². The molecule has 0 radical (unpaired) electrons. The van der Waals surface area contributed by atoms with Gasteiger partial charge in [-0.05, 0) is 50.5 Å². The van der Waals surface area contributed by atoms with E-state index in [9.17, 15) is 4.79 Å². The molecule has 1 aromatic rings. The molecule has 1 unspecified atom stereocenters. The summed E-state index contributed by atoms with van der Waals surface area (Å²) in [5, 5.41) is 3.05. The van der Waals surface area contributed by atoms with E-state index in [0.29, 0.717) is 6.54 Å². The van der Waals surface area contributed by atoms with Crippen molar-refractivity contribution in [2.75, 3.05) is 25.0 Å². The summed E-state index contributed by atoms with van der Waals surface area (Å²) in [6.07, 6.45) is 3.28. The van der Waals surface area contributed by atoms with E-state index in [1.807, 2.05) is 25.1 Å². The summed E-state index contributed by atoms with van der Waals surface area (Å²) in [5.41, 5.74) is 7.65. The van der Waals surface area contributed by atoms with E-state index in [4.69, 9.17) is 5.73 Å². The van der Waals surface area contributed by atoms with Crippen molar-refractivity contribution in [1.82, 2.24) is 4.90 Å². The largest absolute Gasteiger partial charge is 0.330 e. The predicted octanol–water partition coefficient (Wildman–Crippen LogP) is 2.21. The summed E-state index contributed by atoms with van der Waals surface area (Å²) in [7, 11) is 0. The van der Waals surface area contributed by atoms with Crippen LogP contribution in [-0.2, 0) is 11.3 Å². The van der Waals surface area contributed by atoms with E-state index in [0.717, 1.165) is 31.7 Å². The molecule has 4 nitrogen and oxygen atoms in total. The van der Waals surface area contributed by atoms with Crippen LogP contribution in [-0.4, -0.2) is 30.4 Å². The van der Waals surface area contributed by atoms with Crippen molar-refractivity contribution in [1.29, 1.82) is 0 Å². The van der Waals surface area contributed by atoms with Crippen LogP contribution in [0.15, 0.2) is 24.3 Å². The van der Waals surface area contributed by atoms with Gasteiger partial charge in [-0.25, -0.2) is 0 Å². The summed E-state index contributed by atoms with van der Waals surface area (Å²) in [6, 6.07) is 8.08. The van der Waals surface area contributed by atoms with Crippen LogP contribution in [0.3, 0.4) is 0 Å². The number of para-hydroxylation sites is 1. The molecule has 0 saturated carbocycles. The van der Waals surface area contributed by atoms with Crippen molar-refractivity contribution >= 4 is 11.6 Å². The van der Waals surface area contributed by atoms with Gasteiger partial charge in [0.25, 0.3) is 0 Å². The summed E-state index contributed by atoms with van der Waals surface area (Å²) in [5.74, 6) is 0.0177. The Bertz CT molecular complexity index is 441. The lowest BCUT2D eigenvalue weighted by molar-refractivity contribution is -0.119. The standard InChI is InChI=1S/C16H25N3O/c1-13(8-9-17)16(20)18-15-7-3-2-6-14(15)12-19-10-4-5-11-19/h2-3,6-7,13H,4-5,8-12,17H2,1H3,(H,18,20). The van der Waals surface area contributed by atoms with Crippen LogP contribution in [0, 0.1) is 5.92 Å². The van der Waals surface area contributed by atoms with Crippen molar-refractivity contribution in [2.45, 2.75) is 32.7 Å². The Hall–Kier alpha value is -1.39. The first kappa shape index (κ1) is 15.0. The van der Waals surface area contributed by atoms with Gasteiger partial charge in [0.1, 0.15) is 0 Å². The normalized spacial score (nSPS) is 17.1. The molecular weight excluding hydrogens is 250 g/mol. The van der Waals surface area contributed by atoms with Crippen molar-refractivity contribution in [3.8, 4) is 0 Å². The first-order valence-corrected chi connectivity index (χ1v) is 7.52. The molecule has 0 bridgehead atoms. The molecule has 1 aliphatic heterocycles. The molecule has 1 fully saturated rings. The van der Waals surface area contributed by atoms with Crippen LogP contribution in [0.1, 0.15) is 31.7 Å². The van der Waals surface area contributed by atoms with Gasteiger partial charge in [-0.1, -0.05) is 25.1 Å². The Morgan fingerprint density at radius 1 is 1.35 bits per heavy atom. The first-order chi connectivity index (χ1) is 9.70. The van der Waals surface area contributed by atoms with E-state index in [1.54, 1.807) is 0 Å². The zero-order valence-electron chi connectivity index (χ0n) is 12.3. The zero-order valence-corrected chi connectivity index (χ0v) is 12.3. The SMILES string of the molecule is CC(CCN)C(=O)Nc1ccccc1CN1CCCC1. The maximum atomic E-state index is 12.1. The molecule has 1 atom stereocenters. The molecule has 2 rings (SSSR count). The van der Waals surface area contributed by atoms with Crippen molar-refractivity contribution in [3.63, 3.8) is 0 Å². The highest BCUT2D eigenvalue weighted by molar-refractivity contribution is 5.93. The second-order valence-corrected chi connectivity index (χ2v) is 5.61. The van der Waals surface area contributed by atoms with Gasteiger partial charge in [0.2, 0.25) is 5.91 Å². The lowest BCUT2D eigenvalue weighted by Crippen LogP contribution is -2.24. The second-order valence-electron chi connectivity index (χ2n) is 5.61. The third kappa shape index (κ3) is 4.05. The van der Waals surface area contributed by atoms with Crippen LogP contribution in [0.4, 0.5) is 5.69 Å². The van der Waals surface area contributed by atoms with Crippen LogP contribution < -0.4 is 11.1 Å². The lowest BCUT2D eigenvalue weighted by Gasteiger charge is -2.19. The minimum Gasteiger partial charge on any atom is -0.330 e. The topological polar surface area (TPSA) is 58.4 Å². The molecule has 0 aliphatic carbocycles. The van der Waals surface area contributed by atoms with Crippen molar-refractivity contribution < 1.29 is 4.79 Å². The Labute approximate surface area is 121 Å². The van der Waals surface area contributed by atoms with Crippen LogP contribution in [0.2, 0.25) is 0 Å². The van der Waals surface area contributed by atoms with Gasteiger partial charge in [-0.3, -0.25) is 9.69 Å². The average molecular weight is 275 g/mol. The van der Waals surface area contributed by atoms with Gasteiger partial charge in [0, 0.05) is 18.2 Å². The number of carbonyl (C=O) groups excluding carboxylic acids is 1. The number of carbonyl (C=O) groups is 1. The zero-order chi connectivity index (χ0) is 14.4. The number of benzene rings is 1. The number of nitrogens with zero attached hydrogens (tertiary/aromatic N) is 1. The summed E-state index contributed by atoms with van der Waals surface area (Å²) in [4.78, 5) is 14.6. The molecule has 1 heterocycles. The van der Waals surface area contributed by atoms with E-state index in [1.165, 1.54) is 18.4 Å². The minimum atomic E-state index is -0.0418. The Morgan fingerprint density at radius 3 is 2.75 bits per heavy atom. The molecule has 20 heavy (non-hydrogen) atoms. The number of hydrogen-bond acceptors (Lipinski definition) is 3. The molecule has 0 spiro atoms. The van der Waals surface area contributed by atoms with Crippen LogP contribution in [0.25, 0.3) is 0 Å². The van der Waals surface area contributed by atoms with Crippen LogP contribution in [0.5, 0.6) is 0 Å². The number of nitrogens with one attached hydrogen (secondary N) is 1. The Morgan fingerprint density at radius 2 is 2.05 bits per heavy atom. The van der Waals surface area contributed by atoms with Gasteiger partial charge in [0.05, 0.1) is 0 Å². The van der Waals surface area contributed by atoms with E-state index in [-0.39, 0.29) is 11.8 Å². The highest BCUT2D eigenvalue weighted by atomic mass is 16.1.